The Hall–Kier alpha value is -3.68. The number of hydrogen-bond donors (Lipinski definition) is 2. The number of nitro groups is 1. The first-order valence-corrected chi connectivity index (χ1v) is 7.20. The molecular weight excluding hydrogens is 328 g/mol. The van der Waals surface area contributed by atoms with Crippen LogP contribution in [-0.2, 0) is 4.79 Å². The van der Waals surface area contributed by atoms with E-state index in [9.17, 15) is 20.0 Å². The lowest BCUT2D eigenvalue weighted by Crippen LogP contribution is -1.97. The Bertz CT molecular complexity index is 972. The van der Waals surface area contributed by atoms with Crippen LogP contribution in [0.25, 0.3) is 22.7 Å². The fourth-order valence-corrected chi connectivity index (χ4v) is 2.34. The van der Waals surface area contributed by atoms with Gasteiger partial charge in [0.15, 0.2) is 11.3 Å². The van der Waals surface area contributed by atoms with Crippen molar-refractivity contribution in [2.24, 2.45) is 0 Å². The van der Waals surface area contributed by atoms with E-state index in [1.807, 2.05) is 0 Å². The number of aromatic hydroxyl groups is 1. The average molecular weight is 340 g/mol. The Morgan fingerprint density at radius 1 is 1.28 bits per heavy atom. The van der Waals surface area contributed by atoms with Crippen LogP contribution in [0.4, 0.5) is 5.69 Å². The predicted molar refractivity (Wildman–Crippen MR) is 88.9 cm³/mol. The summed E-state index contributed by atoms with van der Waals surface area (Å²) in [7, 11) is 0. The van der Waals surface area contributed by atoms with Crippen molar-refractivity contribution in [3.05, 3.63) is 64.0 Å². The summed E-state index contributed by atoms with van der Waals surface area (Å²) in [4.78, 5) is 25.6. The van der Waals surface area contributed by atoms with Crippen LogP contribution in [0, 0.1) is 10.1 Å². The number of nitrogens with zero attached hydrogens (tertiary/aromatic N) is 2. The van der Waals surface area contributed by atoms with E-state index in [0.717, 1.165) is 6.07 Å². The minimum absolute atomic E-state index is 0.124. The highest BCUT2D eigenvalue weighted by atomic mass is 16.6. The number of aliphatic carboxylic acids is 1. The lowest BCUT2D eigenvalue weighted by Gasteiger charge is -2.02. The molecule has 3 rings (SSSR count). The van der Waals surface area contributed by atoms with Crippen molar-refractivity contribution >= 4 is 34.4 Å². The van der Waals surface area contributed by atoms with Gasteiger partial charge < -0.3 is 14.6 Å². The van der Waals surface area contributed by atoms with E-state index < -0.39 is 22.3 Å². The van der Waals surface area contributed by atoms with Crippen molar-refractivity contribution in [2.45, 2.75) is 6.42 Å². The van der Waals surface area contributed by atoms with E-state index in [1.54, 1.807) is 24.3 Å². The fourth-order valence-electron chi connectivity index (χ4n) is 2.34. The van der Waals surface area contributed by atoms with Crippen LogP contribution in [0.2, 0.25) is 0 Å². The van der Waals surface area contributed by atoms with E-state index >= 15 is 0 Å². The molecule has 0 aliphatic carbocycles. The SMILES string of the molecule is O=C(O)C/C(=C\c1ccc(O)c([N+](=O)[O-])c1)c1nc2ccccc2o1. The van der Waals surface area contributed by atoms with Gasteiger partial charge in [-0.25, -0.2) is 4.98 Å². The maximum absolute atomic E-state index is 11.2. The number of fused-ring (bicyclic) bond motifs is 1. The molecule has 2 N–H and O–H groups in total. The topological polar surface area (TPSA) is 127 Å². The van der Waals surface area contributed by atoms with Crippen molar-refractivity contribution in [2.75, 3.05) is 0 Å². The number of phenols is 1. The van der Waals surface area contributed by atoms with Gasteiger partial charge in [0.2, 0.25) is 5.89 Å². The van der Waals surface area contributed by atoms with Gasteiger partial charge in [0.05, 0.1) is 11.3 Å². The molecule has 0 spiro atoms. The quantitative estimate of drug-likeness (QED) is 0.538. The summed E-state index contributed by atoms with van der Waals surface area (Å²) in [6.07, 6.45) is 1.06. The van der Waals surface area contributed by atoms with Crippen molar-refractivity contribution in [3.63, 3.8) is 0 Å². The number of nitro benzene ring substituents is 1. The maximum Gasteiger partial charge on any atom is 0.311 e. The number of rotatable bonds is 5. The Morgan fingerprint density at radius 3 is 2.72 bits per heavy atom. The van der Waals surface area contributed by atoms with Gasteiger partial charge in [-0.05, 0) is 29.8 Å². The molecule has 8 nitrogen and oxygen atoms in total. The first kappa shape index (κ1) is 16.2. The van der Waals surface area contributed by atoms with Gasteiger partial charge in [-0.2, -0.15) is 0 Å². The standard InChI is InChI=1S/C17H12N2O6/c20-14-6-5-10(8-13(14)19(23)24)7-11(9-16(21)22)17-18-12-3-1-2-4-15(12)25-17/h1-8,20H,9H2,(H,21,22)/b11-7+. The number of phenolic OH excluding ortho intramolecular Hbond substituents is 1. The van der Waals surface area contributed by atoms with Gasteiger partial charge in [0, 0.05) is 11.6 Å². The van der Waals surface area contributed by atoms with Crippen molar-refractivity contribution < 1.29 is 24.3 Å². The molecule has 0 amide bonds. The maximum atomic E-state index is 11.2. The average Bonchev–Trinajstić information content (AvgIpc) is 2.99. The van der Waals surface area contributed by atoms with Crippen molar-refractivity contribution in [1.29, 1.82) is 0 Å². The molecule has 25 heavy (non-hydrogen) atoms. The van der Waals surface area contributed by atoms with Gasteiger partial charge >= 0.3 is 11.7 Å². The Balaban J connectivity index is 2.09. The molecule has 0 saturated carbocycles. The molecule has 1 aromatic heterocycles. The smallest absolute Gasteiger partial charge is 0.311 e. The number of aromatic nitrogens is 1. The molecule has 0 unspecified atom stereocenters. The van der Waals surface area contributed by atoms with Crippen LogP contribution in [0.5, 0.6) is 5.75 Å². The molecule has 0 atom stereocenters. The molecule has 0 radical (unpaired) electrons. The molecule has 0 bridgehead atoms. The minimum atomic E-state index is -1.10. The van der Waals surface area contributed by atoms with E-state index in [4.69, 9.17) is 9.52 Å². The summed E-state index contributed by atoms with van der Waals surface area (Å²) < 4.78 is 5.58. The van der Waals surface area contributed by atoms with E-state index in [2.05, 4.69) is 4.98 Å². The first-order valence-electron chi connectivity index (χ1n) is 7.20. The van der Waals surface area contributed by atoms with Crippen LogP contribution in [0.1, 0.15) is 17.9 Å². The van der Waals surface area contributed by atoms with Crippen LogP contribution in [0.3, 0.4) is 0 Å². The van der Waals surface area contributed by atoms with Gasteiger partial charge in [-0.1, -0.05) is 18.2 Å². The van der Waals surface area contributed by atoms with Crippen LogP contribution < -0.4 is 0 Å². The number of oxazole rings is 1. The largest absolute Gasteiger partial charge is 0.502 e. The van der Waals surface area contributed by atoms with Crippen molar-refractivity contribution in [1.82, 2.24) is 4.98 Å². The second kappa shape index (κ2) is 6.44. The molecule has 1 heterocycles. The van der Waals surface area contributed by atoms with Crippen LogP contribution in [0.15, 0.2) is 46.9 Å². The van der Waals surface area contributed by atoms with E-state index in [0.29, 0.717) is 16.7 Å². The molecule has 0 saturated heterocycles. The number of hydrogen-bond acceptors (Lipinski definition) is 6. The third-order valence-corrected chi connectivity index (χ3v) is 3.45. The van der Waals surface area contributed by atoms with Gasteiger partial charge in [0.1, 0.15) is 5.52 Å². The Morgan fingerprint density at radius 2 is 2.04 bits per heavy atom. The third kappa shape index (κ3) is 3.47. The van der Waals surface area contributed by atoms with Crippen LogP contribution >= 0.6 is 0 Å². The molecule has 2 aromatic carbocycles. The second-order valence-electron chi connectivity index (χ2n) is 5.23. The first-order chi connectivity index (χ1) is 11.9. The molecule has 3 aromatic rings. The second-order valence-corrected chi connectivity index (χ2v) is 5.23. The van der Waals surface area contributed by atoms with Gasteiger partial charge in [-0.3, -0.25) is 14.9 Å². The van der Waals surface area contributed by atoms with Crippen molar-refractivity contribution in [3.8, 4) is 5.75 Å². The number of carbonyl (C=O) groups is 1. The number of benzene rings is 2. The highest BCUT2D eigenvalue weighted by Gasteiger charge is 2.17. The number of para-hydroxylation sites is 2. The van der Waals surface area contributed by atoms with Gasteiger partial charge in [0.25, 0.3) is 0 Å². The monoisotopic (exact) mass is 340 g/mol. The lowest BCUT2D eigenvalue weighted by atomic mass is 10.1. The molecule has 0 aliphatic rings. The zero-order chi connectivity index (χ0) is 18.0. The summed E-state index contributed by atoms with van der Waals surface area (Å²) in [6, 6.07) is 10.7. The van der Waals surface area contributed by atoms with Gasteiger partial charge in [-0.15, -0.1) is 0 Å². The number of carboxylic acids is 1. The summed E-state index contributed by atoms with van der Waals surface area (Å²) >= 11 is 0. The zero-order valence-corrected chi connectivity index (χ0v) is 12.7. The van der Waals surface area contributed by atoms with Crippen LogP contribution in [-0.4, -0.2) is 26.1 Å². The summed E-state index contributed by atoms with van der Waals surface area (Å²) in [5, 5.41) is 29.6. The van der Waals surface area contributed by atoms with E-state index in [-0.39, 0.29) is 17.9 Å². The lowest BCUT2D eigenvalue weighted by molar-refractivity contribution is -0.385. The molecule has 0 aliphatic heterocycles. The van der Waals surface area contributed by atoms with E-state index in [1.165, 1.54) is 18.2 Å². The molecule has 8 heteroatoms. The third-order valence-electron chi connectivity index (χ3n) is 3.45. The zero-order valence-electron chi connectivity index (χ0n) is 12.7. The molecular formula is C17H12N2O6. The summed E-state index contributed by atoms with van der Waals surface area (Å²) in [6.45, 7) is 0. The fraction of sp³-hybridized carbons (Fsp3) is 0.0588. The Labute approximate surface area is 140 Å². The normalized spacial score (nSPS) is 11.6. The predicted octanol–water partition coefficient (Wildman–Crippen LogP) is 3.46. The Kier molecular flexibility index (Phi) is 4.17. The number of carboxylic acid groups (broad SMARTS) is 1. The molecule has 126 valence electrons. The summed E-state index contributed by atoms with van der Waals surface area (Å²) in [5.74, 6) is -1.44. The molecule has 0 fully saturated rings. The highest BCUT2D eigenvalue weighted by Crippen LogP contribution is 2.30. The highest BCUT2D eigenvalue weighted by molar-refractivity contribution is 5.91. The minimum Gasteiger partial charge on any atom is -0.502 e. The summed E-state index contributed by atoms with van der Waals surface area (Å²) in [5.41, 5.74) is 1.21.